The van der Waals surface area contributed by atoms with Crippen LogP contribution in [-0.4, -0.2) is 7.11 Å². The lowest BCUT2D eigenvalue weighted by Crippen LogP contribution is -1.93. The average Bonchev–Trinajstić information content (AvgIpc) is 2.75. The van der Waals surface area contributed by atoms with Crippen molar-refractivity contribution in [2.45, 2.75) is 4.83 Å². The Balaban J connectivity index is 2.34. The Morgan fingerprint density at radius 3 is 2.59 bits per heavy atom. The van der Waals surface area contributed by atoms with Crippen LogP contribution >= 0.6 is 43.5 Å². The van der Waals surface area contributed by atoms with Crippen molar-refractivity contribution in [3.63, 3.8) is 0 Å². The highest BCUT2D eigenvalue weighted by Crippen LogP contribution is 2.38. The Hall–Kier alpha value is -0.450. The van der Waals surface area contributed by atoms with Gasteiger partial charge in [-0.3, -0.25) is 0 Å². The maximum atomic E-state index is 5.76. The third-order valence-electron chi connectivity index (χ3n) is 2.32. The molecule has 2 rings (SSSR count). The van der Waals surface area contributed by atoms with Gasteiger partial charge in [0.15, 0.2) is 5.22 Å². The summed E-state index contributed by atoms with van der Waals surface area (Å²) in [5.74, 6) is 1.57. The molecule has 1 heterocycles. The van der Waals surface area contributed by atoms with Crippen molar-refractivity contribution >= 4 is 43.5 Å². The zero-order valence-electron chi connectivity index (χ0n) is 8.91. The number of rotatable bonds is 3. The molecule has 0 aliphatic carbocycles. The summed E-state index contributed by atoms with van der Waals surface area (Å²) in [6.07, 6.45) is 0. The summed E-state index contributed by atoms with van der Waals surface area (Å²) >= 11 is 12.8. The van der Waals surface area contributed by atoms with Gasteiger partial charge in [0.05, 0.1) is 11.9 Å². The Morgan fingerprint density at radius 2 is 2.06 bits per heavy atom. The van der Waals surface area contributed by atoms with E-state index in [2.05, 4.69) is 31.9 Å². The van der Waals surface area contributed by atoms with E-state index in [1.54, 1.807) is 13.2 Å². The van der Waals surface area contributed by atoms with E-state index in [0.29, 0.717) is 5.22 Å². The summed E-state index contributed by atoms with van der Waals surface area (Å²) < 4.78 is 11.5. The topological polar surface area (TPSA) is 22.4 Å². The Bertz CT molecular complexity index is 525. The highest BCUT2D eigenvalue weighted by atomic mass is 79.9. The highest BCUT2D eigenvalue weighted by molar-refractivity contribution is 9.11. The maximum absolute atomic E-state index is 5.76. The molecule has 0 spiro atoms. The molecule has 5 heteroatoms. The molecule has 17 heavy (non-hydrogen) atoms. The second-order valence-electron chi connectivity index (χ2n) is 3.39. The molecule has 1 aromatic carbocycles. The van der Waals surface area contributed by atoms with Gasteiger partial charge in [0.2, 0.25) is 0 Å². The van der Waals surface area contributed by atoms with Crippen molar-refractivity contribution in [1.29, 1.82) is 0 Å². The van der Waals surface area contributed by atoms with Crippen LogP contribution in [0.1, 0.15) is 16.2 Å². The van der Waals surface area contributed by atoms with Crippen molar-refractivity contribution in [2.24, 2.45) is 0 Å². The van der Waals surface area contributed by atoms with Gasteiger partial charge >= 0.3 is 0 Å². The molecule has 0 saturated carbocycles. The van der Waals surface area contributed by atoms with Gasteiger partial charge in [-0.2, -0.15) is 0 Å². The Kier molecular flexibility index (Phi) is 4.17. The minimum absolute atomic E-state index is 0.0460. The number of alkyl halides is 1. The Labute approximate surface area is 121 Å². The number of furan rings is 1. The molecule has 0 amide bonds. The van der Waals surface area contributed by atoms with E-state index >= 15 is 0 Å². The number of hydrogen-bond donors (Lipinski definition) is 0. The number of benzene rings is 1. The van der Waals surface area contributed by atoms with Crippen molar-refractivity contribution in [1.82, 2.24) is 0 Å². The third-order valence-corrected chi connectivity index (χ3v) is 4.16. The van der Waals surface area contributed by atoms with Gasteiger partial charge in [-0.15, -0.1) is 0 Å². The molecule has 90 valence electrons. The molecule has 2 aromatic rings. The van der Waals surface area contributed by atoms with E-state index in [9.17, 15) is 0 Å². The van der Waals surface area contributed by atoms with Crippen molar-refractivity contribution < 1.29 is 9.15 Å². The third kappa shape index (κ3) is 2.87. The lowest BCUT2D eigenvalue weighted by Gasteiger charge is -2.11. The summed E-state index contributed by atoms with van der Waals surface area (Å²) in [6.45, 7) is 0. The molecule has 0 aliphatic rings. The first kappa shape index (κ1) is 13.0. The molecule has 1 atom stereocenters. The van der Waals surface area contributed by atoms with E-state index in [4.69, 9.17) is 20.8 Å². The van der Waals surface area contributed by atoms with Crippen LogP contribution in [0.4, 0.5) is 0 Å². The second kappa shape index (κ2) is 5.46. The van der Waals surface area contributed by atoms with Gasteiger partial charge in [-0.1, -0.05) is 37.9 Å². The minimum Gasteiger partial charge on any atom is -0.497 e. The van der Waals surface area contributed by atoms with E-state index in [-0.39, 0.29) is 4.83 Å². The molecular formula is C12H9Br2ClO2. The molecule has 0 bridgehead atoms. The SMILES string of the molecule is COc1ccc(C(Br)c2ccc(Cl)o2)c(Br)c1. The molecule has 0 aliphatic heterocycles. The first-order valence-corrected chi connectivity index (χ1v) is 6.93. The molecular weight excluding hydrogens is 371 g/mol. The normalized spacial score (nSPS) is 12.5. The Morgan fingerprint density at radius 1 is 1.29 bits per heavy atom. The second-order valence-corrected chi connectivity index (χ2v) is 5.53. The fraction of sp³-hybridized carbons (Fsp3) is 0.167. The molecule has 2 nitrogen and oxygen atoms in total. The predicted octanol–water partition coefficient (Wildman–Crippen LogP) is 5.19. The number of halogens is 3. The summed E-state index contributed by atoms with van der Waals surface area (Å²) in [4.78, 5) is -0.0460. The van der Waals surface area contributed by atoms with Crippen LogP contribution in [0.2, 0.25) is 5.22 Å². The summed E-state index contributed by atoms with van der Waals surface area (Å²) in [5.41, 5.74) is 1.05. The van der Waals surface area contributed by atoms with Crippen LogP contribution in [0.3, 0.4) is 0 Å². The fourth-order valence-electron chi connectivity index (χ4n) is 1.46. The van der Waals surface area contributed by atoms with Crippen LogP contribution < -0.4 is 4.74 Å². The van der Waals surface area contributed by atoms with Gasteiger partial charge in [0.25, 0.3) is 0 Å². The highest BCUT2D eigenvalue weighted by Gasteiger charge is 2.17. The summed E-state index contributed by atoms with van der Waals surface area (Å²) in [7, 11) is 1.64. The zero-order valence-corrected chi connectivity index (χ0v) is 12.8. The largest absolute Gasteiger partial charge is 0.497 e. The van der Waals surface area contributed by atoms with E-state index in [0.717, 1.165) is 21.5 Å². The smallest absolute Gasteiger partial charge is 0.193 e. The summed E-state index contributed by atoms with van der Waals surface area (Å²) in [5, 5.41) is 0.383. The lowest BCUT2D eigenvalue weighted by atomic mass is 10.1. The molecule has 0 saturated heterocycles. The molecule has 1 aromatic heterocycles. The van der Waals surface area contributed by atoms with Crippen LogP contribution in [0.15, 0.2) is 39.2 Å². The zero-order chi connectivity index (χ0) is 12.4. The summed E-state index contributed by atoms with van der Waals surface area (Å²) in [6, 6.07) is 9.35. The standard InChI is InChI=1S/C12H9Br2ClO2/c1-16-7-2-3-8(9(13)6-7)12(14)10-4-5-11(15)17-10/h2-6,12H,1H3. The minimum atomic E-state index is -0.0460. The van der Waals surface area contributed by atoms with Crippen molar-refractivity contribution in [2.75, 3.05) is 7.11 Å². The maximum Gasteiger partial charge on any atom is 0.193 e. The first-order chi connectivity index (χ1) is 8.11. The van der Waals surface area contributed by atoms with Gasteiger partial charge in [-0.05, 0) is 41.4 Å². The quantitative estimate of drug-likeness (QED) is 0.684. The van der Waals surface area contributed by atoms with Crippen LogP contribution in [0.5, 0.6) is 5.75 Å². The monoisotopic (exact) mass is 378 g/mol. The first-order valence-electron chi connectivity index (χ1n) is 4.84. The van der Waals surface area contributed by atoms with Crippen LogP contribution in [-0.2, 0) is 0 Å². The molecule has 0 radical (unpaired) electrons. The van der Waals surface area contributed by atoms with Crippen molar-refractivity contribution in [3.8, 4) is 5.75 Å². The molecule has 0 N–H and O–H groups in total. The van der Waals surface area contributed by atoms with Gasteiger partial charge < -0.3 is 9.15 Å². The van der Waals surface area contributed by atoms with Crippen molar-refractivity contribution in [3.05, 3.63) is 51.3 Å². The number of ether oxygens (including phenoxy) is 1. The number of methoxy groups -OCH3 is 1. The fourth-order valence-corrected chi connectivity index (χ4v) is 3.15. The van der Waals surface area contributed by atoms with E-state index in [1.807, 2.05) is 24.3 Å². The molecule has 0 fully saturated rings. The average molecular weight is 380 g/mol. The number of hydrogen-bond acceptors (Lipinski definition) is 2. The predicted molar refractivity (Wildman–Crippen MR) is 75.2 cm³/mol. The molecule has 1 unspecified atom stereocenters. The van der Waals surface area contributed by atoms with Gasteiger partial charge in [-0.25, -0.2) is 0 Å². The van der Waals surface area contributed by atoms with Gasteiger partial charge in [0.1, 0.15) is 11.5 Å². The van der Waals surface area contributed by atoms with Gasteiger partial charge in [0, 0.05) is 4.47 Å². The van der Waals surface area contributed by atoms with Crippen LogP contribution in [0.25, 0.3) is 0 Å². The van der Waals surface area contributed by atoms with Crippen LogP contribution in [0, 0.1) is 0 Å². The van der Waals surface area contributed by atoms with E-state index in [1.165, 1.54) is 0 Å². The van der Waals surface area contributed by atoms with E-state index < -0.39 is 0 Å². The lowest BCUT2D eigenvalue weighted by molar-refractivity contribution is 0.414.